The van der Waals surface area contributed by atoms with Crippen LogP contribution in [0.3, 0.4) is 0 Å². The average Bonchev–Trinajstić information content (AvgIpc) is 2.68. The van der Waals surface area contributed by atoms with Crippen LogP contribution in [-0.4, -0.2) is 21.0 Å². The lowest BCUT2D eigenvalue weighted by Crippen LogP contribution is -2.31. The van der Waals surface area contributed by atoms with E-state index in [0.29, 0.717) is 22.3 Å². The molecule has 30 heavy (non-hydrogen) atoms. The molecular formula is C23H25Cl2N3O2. The van der Waals surface area contributed by atoms with Crippen molar-refractivity contribution < 1.29 is 9.90 Å². The minimum atomic E-state index is -0.790. The van der Waals surface area contributed by atoms with E-state index in [1.807, 2.05) is 57.3 Å². The standard InChI is InChI=1S/C23H25Cl2N3O2/c1-4-5-6-21-18(11-17-7-8-19(24)20(25)12-17)23(28-14-27-21)26-13-16(3)9-15(2)10-22(29)30/h4-8,11-15H,9-10H2,1-3H3,(H,29,30)(H,26,27,28)/b5-4-,16-13+,18-11-,21-6+. The van der Waals surface area contributed by atoms with Gasteiger partial charge in [0.15, 0.2) is 0 Å². The third-order valence-corrected chi connectivity index (χ3v) is 5.00. The van der Waals surface area contributed by atoms with Gasteiger partial charge in [0.1, 0.15) is 12.1 Å². The lowest BCUT2D eigenvalue weighted by atomic mass is 10.00. The van der Waals surface area contributed by atoms with E-state index in [4.69, 9.17) is 28.3 Å². The largest absolute Gasteiger partial charge is 0.481 e. The molecule has 0 fully saturated rings. The van der Waals surface area contributed by atoms with Crippen molar-refractivity contribution in [3.63, 3.8) is 0 Å². The normalized spacial score (nSPS) is 14.4. The zero-order chi connectivity index (χ0) is 22.1. The first kappa shape index (κ1) is 23.6. The Hall–Kier alpha value is -2.63. The van der Waals surface area contributed by atoms with E-state index in [0.717, 1.165) is 21.7 Å². The number of carboxylic acids is 1. The Labute approximate surface area is 186 Å². The van der Waals surface area contributed by atoms with Crippen molar-refractivity contribution in [2.24, 2.45) is 5.92 Å². The predicted molar refractivity (Wildman–Crippen MR) is 124 cm³/mol. The Morgan fingerprint density at radius 1 is 1.23 bits per heavy atom. The van der Waals surface area contributed by atoms with E-state index in [2.05, 4.69) is 15.3 Å². The van der Waals surface area contributed by atoms with E-state index in [1.54, 1.807) is 12.1 Å². The first-order chi connectivity index (χ1) is 14.3. The van der Waals surface area contributed by atoms with Gasteiger partial charge in [-0.25, -0.2) is 9.97 Å². The zero-order valence-corrected chi connectivity index (χ0v) is 18.7. The van der Waals surface area contributed by atoms with E-state index >= 15 is 0 Å². The molecule has 0 aliphatic carbocycles. The Bertz CT molecular complexity index is 1080. The van der Waals surface area contributed by atoms with Crippen LogP contribution in [0, 0.1) is 5.92 Å². The minimum Gasteiger partial charge on any atom is -0.481 e. The highest BCUT2D eigenvalue weighted by Gasteiger charge is 2.08. The fourth-order valence-electron chi connectivity index (χ4n) is 2.93. The van der Waals surface area contributed by atoms with Crippen LogP contribution in [0.4, 0.5) is 5.82 Å². The number of aromatic nitrogens is 2. The van der Waals surface area contributed by atoms with Gasteiger partial charge < -0.3 is 10.4 Å². The van der Waals surface area contributed by atoms with Crippen LogP contribution in [0.1, 0.15) is 39.2 Å². The molecule has 0 bridgehead atoms. The molecule has 5 nitrogen and oxygen atoms in total. The predicted octanol–water partition coefficient (Wildman–Crippen LogP) is 4.79. The van der Waals surface area contributed by atoms with Gasteiger partial charge in [0.25, 0.3) is 0 Å². The van der Waals surface area contributed by atoms with E-state index < -0.39 is 5.97 Å². The number of nitrogens with one attached hydrogen (secondary N) is 1. The second kappa shape index (κ2) is 11.5. The smallest absolute Gasteiger partial charge is 0.303 e. The average molecular weight is 446 g/mol. The molecule has 158 valence electrons. The summed E-state index contributed by atoms with van der Waals surface area (Å²) >= 11 is 12.2. The molecule has 1 aromatic carbocycles. The van der Waals surface area contributed by atoms with Gasteiger partial charge in [-0.05, 0) is 56.0 Å². The molecule has 2 aromatic rings. The Morgan fingerprint density at radius 2 is 2.00 bits per heavy atom. The van der Waals surface area contributed by atoms with Crippen molar-refractivity contribution in [3.8, 4) is 0 Å². The van der Waals surface area contributed by atoms with Gasteiger partial charge in [0, 0.05) is 17.8 Å². The molecule has 0 radical (unpaired) electrons. The van der Waals surface area contributed by atoms with Gasteiger partial charge in [-0.15, -0.1) is 0 Å². The number of carbonyl (C=O) groups is 1. The van der Waals surface area contributed by atoms with Gasteiger partial charge in [-0.1, -0.05) is 53.9 Å². The molecule has 0 spiro atoms. The quantitative estimate of drug-likeness (QED) is 0.610. The fraction of sp³-hybridized carbons (Fsp3) is 0.261. The van der Waals surface area contributed by atoms with Gasteiger partial charge in [-0.3, -0.25) is 4.79 Å². The molecule has 1 unspecified atom stereocenters. The van der Waals surface area contributed by atoms with Crippen molar-refractivity contribution >= 4 is 47.1 Å². The summed E-state index contributed by atoms with van der Waals surface area (Å²) in [5, 5.41) is 14.7. The molecular weight excluding hydrogens is 421 g/mol. The molecule has 0 aliphatic heterocycles. The second-order valence-corrected chi connectivity index (χ2v) is 7.89. The van der Waals surface area contributed by atoms with Crippen LogP contribution in [0.25, 0.3) is 12.2 Å². The number of rotatable bonds is 8. The van der Waals surface area contributed by atoms with E-state index in [1.165, 1.54) is 6.33 Å². The molecule has 2 rings (SSSR count). The Kier molecular flexibility index (Phi) is 9.09. The third-order valence-electron chi connectivity index (χ3n) is 4.26. The number of allylic oxidation sites excluding steroid dienone is 3. The van der Waals surface area contributed by atoms with Crippen molar-refractivity contribution in [1.29, 1.82) is 0 Å². The lowest BCUT2D eigenvalue weighted by Gasteiger charge is -2.09. The lowest BCUT2D eigenvalue weighted by molar-refractivity contribution is -0.137. The molecule has 0 saturated carbocycles. The summed E-state index contributed by atoms with van der Waals surface area (Å²) in [4.78, 5) is 19.6. The van der Waals surface area contributed by atoms with Crippen LogP contribution in [0.2, 0.25) is 10.0 Å². The topological polar surface area (TPSA) is 75.1 Å². The highest BCUT2D eigenvalue weighted by atomic mass is 35.5. The number of nitrogens with zero attached hydrogens (tertiary/aromatic N) is 2. The van der Waals surface area contributed by atoms with Gasteiger partial charge in [0.2, 0.25) is 0 Å². The summed E-state index contributed by atoms with van der Waals surface area (Å²) in [5.74, 6) is -0.106. The number of halogens is 2. The first-order valence-electron chi connectivity index (χ1n) is 9.55. The monoisotopic (exact) mass is 445 g/mol. The summed E-state index contributed by atoms with van der Waals surface area (Å²) < 4.78 is 0. The summed E-state index contributed by atoms with van der Waals surface area (Å²) in [6.45, 7) is 5.81. The van der Waals surface area contributed by atoms with Crippen molar-refractivity contribution in [2.75, 3.05) is 5.32 Å². The zero-order valence-electron chi connectivity index (χ0n) is 17.2. The van der Waals surface area contributed by atoms with Crippen molar-refractivity contribution in [1.82, 2.24) is 9.97 Å². The van der Waals surface area contributed by atoms with Crippen LogP contribution in [0.5, 0.6) is 0 Å². The highest BCUT2D eigenvalue weighted by Crippen LogP contribution is 2.22. The summed E-state index contributed by atoms with van der Waals surface area (Å²) in [7, 11) is 0. The Balaban J connectivity index is 2.45. The van der Waals surface area contributed by atoms with Crippen molar-refractivity contribution in [2.45, 2.75) is 33.6 Å². The maximum atomic E-state index is 10.9. The van der Waals surface area contributed by atoms with Gasteiger partial charge in [0.05, 0.1) is 15.4 Å². The SMILES string of the molecule is C\C=C/C=c1/ncnc(N/C=C(\C)CC(C)CC(=O)O)/c1=C\c1ccc(Cl)c(Cl)c1. The maximum Gasteiger partial charge on any atom is 0.303 e. The molecule has 1 atom stereocenters. The molecule has 1 heterocycles. The van der Waals surface area contributed by atoms with Crippen LogP contribution < -0.4 is 15.9 Å². The van der Waals surface area contributed by atoms with Crippen LogP contribution >= 0.6 is 23.2 Å². The first-order valence-corrected chi connectivity index (χ1v) is 10.3. The second-order valence-electron chi connectivity index (χ2n) is 7.07. The fourth-order valence-corrected chi connectivity index (χ4v) is 3.23. The summed E-state index contributed by atoms with van der Waals surface area (Å²) in [6, 6.07) is 5.41. The third kappa shape index (κ3) is 7.32. The Morgan fingerprint density at radius 3 is 2.67 bits per heavy atom. The molecule has 1 aromatic heterocycles. The number of hydrogen-bond acceptors (Lipinski definition) is 4. The number of carboxylic acid groups (broad SMARTS) is 1. The number of hydrogen-bond donors (Lipinski definition) is 2. The van der Waals surface area contributed by atoms with E-state index in [-0.39, 0.29) is 12.3 Å². The minimum absolute atomic E-state index is 0.0479. The molecule has 0 aliphatic rings. The van der Waals surface area contributed by atoms with Crippen LogP contribution in [0.15, 0.2) is 48.5 Å². The summed E-state index contributed by atoms with van der Waals surface area (Å²) in [5.41, 5.74) is 1.90. The molecule has 7 heteroatoms. The summed E-state index contributed by atoms with van der Waals surface area (Å²) in [6.07, 6.45) is 11.8. The molecule has 0 amide bonds. The number of aliphatic carboxylic acids is 1. The van der Waals surface area contributed by atoms with E-state index in [9.17, 15) is 4.79 Å². The van der Waals surface area contributed by atoms with Gasteiger partial charge in [-0.2, -0.15) is 0 Å². The van der Waals surface area contributed by atoms with Crippen molar-refractivity contribution in [3.05, 3.63) is 74.6 Å². The highest BCUT2D eigenvalue weighted by molar-refractivity contribution is 6.42. The number of benzene rings is 1. The molecule has 2 N–H and O–H groups in total. The van der Waals surface area contributed by atoms with Gasteiger partial charge >= 0.3 is 5.97 Å². The number of anilines is 1. The molecule has 0 saturated heterocycles. The van der Waals surface area contributed by atoms with Crippen LogP contribution in [-0.2, 0) is 4.79 Å². The maximum absolute atomic E-state index is 10.9.